The summed E-state index contributed by atoms with van der Waals surface area (Å²) in [7, 11) is 3.45. The van der Waals surface area contributed by atoms with E-state index in [1.165, 1.54) is 83.5 Å². The summed E-state index contributed by atoms with van der Waals surface area (Å²) in [6.07, 6.45) is 22.3. The van der Waals surface area contributed by atoms with Crippen molar-refractivity contribution < 1.29 is 31.6 Å². The molecule has 0 saturated heterocycles. The number of rotatable bonds is 20. The predicted molar refractivity (Wildman–Crippen MR) is 125 cm³/mol. The average molecular weight is 494 g/mol. The molecule has 1 unspecified atom stereocenters. The molecular weight excluding hydrogens is 440 g/mol. The lowest BCUT2D eigenvalue weighted by Crippen LogP contribution is -3.00. The molecule has 0 aromatic rings. The van der Waals surface area contributed by atoms with Gasteiger partial charge in [-0.3, -0.25) is 4.79 Å². The average Bonchev–Trinajstić information content (AvgIpc) is 2.64. The maximum absolute atomic E-state index is 12.3. The van der Waals surface area contributed by atoms with Crippen LogP contribution >= 0.6 is 0 Å². The third-order valence-corrected chi connectivity index (χ3v) is 6.36. The van der Waals surface area contributed by atoms with E-state index in [-0.39, 0.29) is 27.5 Å². The van der Waals surface area contributed by atoms with Gasteiger partial charge >= 0.3 is 0 Å². The van der Waals surface area contributed by atoms with Crippen molar-refractivity contribution in [2.45, 2.75) is 142 Å². The van der Waals surface area contributed by atoms with Crippen LogP contribution in [0.5, 0.6) is 0 Å². The summed E-state index contributed by atoms with van der Waals surface area (Å²) in [5.74, 6) is 0.0656. The van der Waals surface area contributed by atoms with Crippen molar-refractivity contribution in [2.24, 2.45) is 0 Å². The fourth-order valence-corrected chi connectivity index (χ4v) is 3.98. The van der Waals surface area contributed by atoms with Gasteiger partial charge in [-0.2, -0.15) is 4.65 Å². The van der Waals surface area contributed by atoms with Crippen molar-refractivity contribution in [2.75, 3.05) is 14.1 Å². The minimum atomic E-state index is -0.610. The SMILES string of the molecule is CCCCCCCCCCCCCCCCCC(=O)NC(C)(CCC)[N+](C)(C)O.[Br-]. The van der Waals surface area contributed by atoms with E-state index in [1.54, 1.807) is 14.1 Å². The summed E-state index contributed by atoms with van der Waals surface area (Å²) >= 11 is 0. The lowest BCUT2D eigenvalue weighted by atomic mass is 10.0. The fraction of sp³-hybridized carbons (Fsp3) is 0.960. The molecular formula is C25H53BrN2O2. The highest BCUT2D eigenvalue weighted by Crippen LogP contribution is 2.21. The highest BCUT2D eigenvalue weighted by atomic mass is 79.9. The first-order valence-corrected chi connectivity index (χ1v) is 12.6. The maximum Gasteiger partial charge on any atom is 0.224 e. The monoisotopic (exact) mass is 492 g/mol. The van der Waals surface area contributed by atoms with E-state index in [2.05, 4.69) is 19.2 Å². The minimum Gasteiger partial charge on any atom is -1.00 e. The number of hydroxylamine groups is 3. The largest absolute Gasteiger partial charge is 1.00 e. The van der Waals surface area contributed by atoms with Crippen molar-refractivity contribution in [1.29, 1.82) is 0 Å². The van der Waals surface area contributed by atoms with Gasteiger partial charge in [0.05, 0.1) is 0 Å². The minimum absolute atomic E-state index is 0. The Hall–Kier alpha value is -0.130. The molecule has 4 nitrogen and oxygen atoms in total. The van der Waals surface area contributed by atoms with E-state index in [0.717, 1.165) is 25.7 Å². The zero-order chi connectivity index (χ0) is 22.0. The Morgan fingerprint density at radius 1 is 0.733 bits per heavy atom. The molecule has 30 heavy (non-hydrogen) atoms. The van der Waals surface area contributed by atoms with Gasteiger partial charge in [-0.15, -0.1) is 0 Å². The molecule has 182 valence electrons. The molecule has 2 N–H and O–H groups in total. The number of hydrogen-bond acceptors (Lipinski definition) is 2. The lowest BCUT2D eigenvalue weighted by molar-refractivity contribution is -1.11. The van der Waals surface area contributed by atoms with Gasteiger partial charge in [-0.25, -0.2) is 5.21 Å². The van der Waals surface area contributed by atoms with Crippen molar-refractivity contribution >= 4 is 5.91 Å². The fourth-order valence-electron chi connectivity index (χ4n) is 3.98. The van der Waals surface area contributed by atoms with Crippen molar-refractivity contribution in [3.05, 3.63) is 0 Å². The second kappa shape index (κ2) is 19.5. The van der Waals surface area contributed by atoms with Gasteiger partial charge in [0.1, 0.15) is 14.1 Å². The Morgan fingerprint density at radius 3 is 1.43 bits per heavy atom. The number of halogens is 1. The van der Waals surface area contributed by atoms with E-state index in [9.17, 15) is 10.0 Å². The molecule has 0 aromatic carbocycles. The van der Waals surface area contributed by atoms with Gasteiger partial charge in [-0.05, 0) is 12.8 Å². The van der Waals surface area contributed by atoms with Gasteiger partial charge < -0.3 is 22.3 Å². The molecule has 0 heterocycles. The Kier molecular flexibility index (Phi) is 20.9. The van der Waals surface area contributed by atoms with Crippen LogP contribution in [0.2, 0.25) is 0 Å². The Bertz CT molecular complexity index is 399. The molecule has 1 amide bonds. The van der Waals surface area contributed by atoms with Gasteiger partial charge in [0, 0.05) is 19.8 Å². The van der Waals surface area contributed by atoms with E-state index >= 15 is 0 Å². The van der Waals surface area contributed by atoms with E-state index in [1.807, 2.05) is 6.92 Å². The number of nitrogens with one attached hydrogen (secondary N) is 1. The van der Waals surface area contributed by atoms with Gasteiger partial charge in [0.25, 0.3) is 0 Å². The highest BCUT2D eigenvalue weighted by molar-refractivity contribution is 5.76. The van der Waals surface area contributed by atoms with Crippen LogP contribution in [0.1, 0.15) is 136 Å². The van der Waals surface area contributed by atoms with E-state index < -0.39 is 5.66 Å². The second-order valence-corrected chi connectivity index (χ2v) is 9.67. The van der Waals surface area contributed by atoms with Gasteiger partial charge in [0.15, 0.2) is 0 Å². The second-order valence-electron chi connectivity index (χ2n) is 9.67. The third kappa shape index (κ3) is 16.5. The van der Waals surface area contributed by atoms with E-state index in [0.29, 0.717) is 6.42 Å². The van der Waals surface area contributed by atoms with Crippen LogP contribution < -0.4 is 22.3 Å². The number of amides is 1. The normalized spacial score (nSPS) is 13.5. The summed E-state index contributed by atoms with van der Waals surface area (Å²) in [4.78, 5) is 12.3. The van der Waals surface area contributed by atoms with Crippen LogP contribution in [0.3, 0.4) is 0 Å². The van der Waals surface area contributed by atoms with Crippen molar-refractivity contribution in [1.82, 2.24) is 5.32 Å². The first-order chi connectivity index (χ1) is 13.8. The zero-order valence-corrected chi connectivity index (χ0v) is 22.5. The highest BCUT2D eigenvalue weighted by Gasteiger charge is 2.41. The number of unbranched alkanes of at least 4 members (excludes halogenated alkanes) is 14. The van der Waals surface area contributed by atoms with Gasteiger partial charge in [-0.1, -0.05) is 104 Å². The first-order valence-electron chi connectivity index (χ1n) is 12.6. The topological polar surface area (TPSA) is 49.3 Å². The molecule has 0 aliphatic heterocycles. The molecule has 0 aliphatic rings. The van der Waals surface area contributed by atoms with Crippen LogP contribution in [-0.4, -0.2) is 35.5 Å². The maximum atomic E-state index is 12.3. The summed E-state index contributed by atoms with van der Waals surface area (Å²) in [6, 6.07) is 0. The molecule has 0 fully saturated rings. The molecule has 0 saturated carbocycles. The quantitative estimate of drug-likeness (QED) is 0.115. The first kappa shape index (κ1) is 32.1. The Labute approximate surface area is 198 Å². The summed E-state index contributed by atoms with van der Waals surface area (Å²) in [6.45, 7) is 6.29. The Morgan fingerprint density at radius 2 is 1.10 bits per heavy atom. The predicted octanol–water partition coefficient (Wildman–Crippen LogP) is 4.35. The molecule has 5 heteroatoms. The number of quaternary nitrogens is 1. The molecule has 0 spiro atoms. The summed E-state index contributed by atoms with van der Waals surface area (Å²) < 4.78 is -0.231. The smallest absolute Gasteiger partial charge is 0.224 e. The number of carbonyl (C=O) groups excluding carboxylic acids is 1. The summed E-state index contributed by atoms with van der Waals surface area (Å²) in [5.41, 5.74) is -0.610. The Balaban J connectivity index is 0. The molecule has 0 aliphatic carbocycles. The zero-order valence-electron chi connectivity index (χ0n) is 20.9. The molecule has 0 radical (unpaired) electrons. The van der Waals surface area contributed by atoms with Crippen molar-refractivity contribution in [3.8, 4) is 0 Å². The number of carbonyl (C=O) groups is 1. The standard InChI is InChI=1S/C25H52N2O2.BrH/c1-6-8-9-10-11-12-13-14-15-16-17-18-19-20-21-22-24(28)26-25(3,23-7-2)27(4,5)29;/h29H,6-23H2,1-5H3;1H. The lowest BCUT2D eigenvalue weighted by Gasteiger charge is -2.40. The third-order valence-electron chi connectivity index (χ3n) is 6.36. The van der Waals surface area contributed by atoms with Crippen molar-refractivity contribution in [3.63, 3.8) is 0 Å². The number of hydrogen-bond donors (Lipinski definition) is 2. The number of nitrogens with zero attached hydrogens (tertiary/aromatic N) is 1. The molecule has 0 bridgehead atoms. The molecule has 0 aromatic heterocycles. The van der Waals surface area contributed by atoms with Crippen LogP contribution in [0.25, 0.3) is 0 Å². The van der Waals surface area contributed by atoms with Gasteiger partial charge in [0.2, 0.25) is 11.6 Å². The molecule has 0 rings (SSSR count). The van der Waals surface area contributed by atoms with Crippen LogP contribution in [0, 0.1) is 0 Å². The summed E-state index contributed by atoms with van der Waals surface area (Å²) in [5, 5.41) is 13.4. The van der Waals surface area contributed by atoms with Crippen LogP contribution in [-0.2, 0) is 4.79 Å². The van der Waals surface area contributed by atoms with Crippen LogP contribution in [0.15, 0.2) is 0 Å². The molecule has 1 atom stereocenters. The van der Waals surface area contributed by atoms with Crippen LogP contribution in [0.4, 0.5) is 0 Å². The van der Waals surface area contributed by atoms with E-state index in [4.69, 9.17) is 0 Å².